The lowest BCUT2D eigenvalue weighted by molar-refractivity contribution is -0.130. The number of hydrogen-bond acceptors (Lipinski definition) is 6. The molecule has 1 aromatic heterocycles. The first-order valence-corrected chi connectivity index (χ1v) is 11.9. The number of amides is 1. The first-order valence-electron chi connectivity index (χ1n) is 11.9. The van der Waals surface area contributed by atoms with Gasteiger partial charge in [0.2, 0.25) is 0 Å². The number of rotatable bonds is 6. The smallest absolute Gasteiger partial charge is 0.396 e. The highest BCUT2D eigenvalue weighted by molar-refractivity contribution is 6.03. The lowest BCUT2D eigenvalue weighted by atomic mass is 10.0. The molecule has 2 saturated heterocycles. The van der Waals surface area contributed by atoms with Gasteiger partial charge in [0.1, 0.15) is 12.2 Å². The number of benzene rings is 1. The fourth-order valence-corrected chi connectivity index (χ4v) is 5.60. The number of ether oxygens (including phenoxy) is 2. The van der Waals surface area contributed by atoms with Crippen molar-refractivity contribution in [2.45, 2.75) is 38.0 Å². The Morgan fingerprint density at radius 1 is 1.11 bits per heavy atom. The molecule has 6 rings (SSSR count). The Bertz CT molecular complexity index is 1110. The van der Waals surface area contributed by atoms with Crippen LogP contribution in [0, 0.1) is 29.5 Å². The maximum Gasteiger partial charge on any atom is 0.396 e. The number of nitrogens with one attached hydrogen (secondary N) is 1. The van der Waals surface area contributed by atoms with Crippen molar-refractivity contribution in [1.29, 1.82) is 0 Å². The molecule has 35 heavy (non-hydrogen) atoms. The molecule has 2 aromatic rings. The SMILES string of the molecule is O=C(Nc1ccc(OC2CC3C[C@H]3C2)c(F)c1)c1nc(N2CC3COCC3C2)oc1CC(F)(F)F. The summed E-state index contributed by atoms with van der Waals surface area (Å²) >= 11 is 0. The molecule has 7 nitrogen and oxygen atoms in total. The molecular weight excluding hydrogens is 470 g/mol. The minimum absolute atomic E-state index is 0.0103. The van der Waals surface area contributed by atoms with Gasteiger partial charge in [0.05, 0.1) is 19.3 Å². The van der Waals surface area contributed by atoms with Crippen molar-refractivity contribution < 1.29 is 36.2 Å². The quantitative estimate of drug-likeness (QED) is 0.598. The van der Waals surface area contributed by atoms with Crippen LogP contribution in [0.2, 0.25) is 0 Å². The Morgan fingerprint density at radius 3 is 2.49 bits per heavy atom. The molecule has 4 fully saturated rings. The molecule has 2 aliphatic heterocycles. The average molecular weight is 495 g/mol. The van der Waals surface area contributed by atoms with E-state index in [1.807, 2.05) is 0 Å². The highest BCUT2D eigenvalue weighted by Gasteiger charge is 2.47. The summed E-state index contributed by atoms with van der Waals surface area (Å²) in [6.07, 6.45) is -2.97. The number of carbonyl (C=O) groups excluding carboxylic acids is 1. The molecule has 0 spiro atoms. The van der Waals surface area contributed by atoms with E-state index in [2.05, 4.69) is 10.3 Å². The van der Waals surface area contributed by atoms with Crippen LogP contribution < -0.4 is 15.0 Å². The molecule has 5 atom stereocenters. The lowest BCUT2D eigenvalue weighted by Crippen LogP contribution is -2.22. The number of fused-ring (bicyclic) bond motifs is 2. The summed E-state index contributed by atoms with van der Waals surface area (Å²) in [6.45, 7) is 2.23. The Balaban J connectivity index is 1.17. The number of aromatic nitrogens is 1. The van der Waals surface area contributed by atoms with Gasteiger partial charge in [-0.2, -0.15) is 18.2 Å². The highest BCUT2D eigenvalue weighted by Crippen LogP contribution is 2.52. The van der Waals surface area contributed by atoms with E-state index in [0.29, 0.717) is 38.1 Å². The number of oxazole rings is 1. The number of anilines is 2. The Hall–Kier alpha value is -2.82. The third-order valence-electron chi connectivity index (χ3n) is 7.46. The van der Waals surface area contributed by atoms with Crippen LogP contribution in [-0.2, 0) is 11.2 Å². The van der Waals surface area contributed by atoms with Gasteiger partial charge >= 0.3 is 6.18 Å². The molecule has 188 valence electrons. The number of carbonyl (C=O) groups is 1. The summed E-state index contributed by atoms with van der Waals surface area (Å²) in [7, 11) is 0. The molecule has 2 aliphatic carbocycles. The van der Waals surface area contributed by atoms with Gasteiger partial charge in [-0.05, 0) is 43.2 Å². The third kappa shape index (κ3) is 4.70. The van der Waals surface area contributed by atoms with Crippen LogP contribution in [0.3, 0.4) is 0 Å². The molecule has 0 bridgehead atoms. The molecule has 1 aromatic carbocycles. The van der Waals surface area contributed by atoms with Crippen LogP contribution in [0.4, 0.5) is 29.3 Å². The molecule has 3 heterocycles. The van der Waals surface area contributed by atoms with Gasteiger partial charge in [0.25, 0.3) is 11.9 Å². The van der Waals surface area contributed by atoms with Gasteiger partial charge in [-0.25, -0.2) is 4.39 Å². The third-order valence-corrected chi connectivity index (χ3v) is 7.46. The number of halogens is 4. The molecule has 4 unspecified atom stereocenters. The van der Waals surface area contributed by atoms with Crippen LogP contribution in [0.1, 0.15) is 35.5 Å². The van der Waals surface area contributed by atoms with Crippen molar-refractivity contribution in [3.05, 3.63) is 35.5 Å². The fraction of sp³-hybridized carbons (Fsp3) is 0.583. The molecule has 0 radical (unpaired) electrons. The second-order valence-corrected chi connectivity index (χ2v) is 10.1. The maximum atomic E-state index is 14.6. The van der Waals surface area contributed by atoms with Crippen molar-refractivity contribution in [3.63, 3.8) is 0 Å². The van der Waals surface area contributed by atoms with Crippen molar-refractivity contribution >= 4 is 17.6 Å². The van der Waals surface area contributed by atoms with Crippen LogP contribution in [0.25, 0.3) is 0 Å². The predicted molar refractivity (Wildman–Crippen MR) is 116 cm³/mol. The summed E-state index contributed by atoms with van der Waals surface area (Å²) in [6, 6.07) is 3.95. The summed E-state index contributed by atoms with van der Waals surface area (Å²) < 4.78 is 70.7. The van der Waals surface area contributed by atoms with E-state index < -0.39 is 35.8 Å². The van der Waals surface area contributed by atoms with Crippen molar-refractivity contribution in [1.82, 2.24) is 4.98 Å². The number of alkyl halides is 3. The van der Waals surface area contributed by atoms with Gasteiger partial charge in [-0.15, -0.1) is 0 Å². The first-order chi connectivity index (χ1) is 16.7. The van der Waals surface area contributed by atoms with E-state index >= 15 is 0 Å². The zero-order valence-electron chi connectivity index (χ0n) is 18.8. The Morgan fingerprint density at radius 2 is 1.83 bits per heavy atom. The first kappa shape index (κ1) is 22.6. The van der Waals surface area contributed by atoms with E-state index in [1.54, 1.807) is 4.90 Å². The minimum atomic E-state index is -4.59. The molecule has 2 saturated carbocycles. The monoisotopic (exact) mass is 495 g/mol. The molecule has 11 heteroatoms. The van der Waals surface area contributed by atoms with Crippen LogP contribution in [0.5, 0.6) is 5.75 Å². The molecule has 1 N–H and O–H groups in total. The van der Waals surface area contributed by atoms with Crippen LogP contribution in [-0.4, -0.2) is 49.5 Å². The summed E-state index contributed by atoms with van der Waals surface area (Å²) in [5.74, 6) is -0.135. The highest BCUT2D eigenvalue weighted by atomic mass is 19.4. The zero-order chi connectivity index (χ0) is 24.3. The largest absolute Gasteiger partial charge is 0.487 e. The van der Waals surface area contributed by atoms with E-state index in [1.165, 1.54) is 18.6 Å². The Labute approximate surface area is 198 Å². The molecular formula is C24H25F4N3O4. The van der Waals surface area contributed by atoms with Gasteiger partial charge in [0, 0.05) is 36.7 Å². The molecule has 4 aliphatic rings. The minimum Gasteiger partial charge on any atom is -0.487 e. The van der Waals surface area contributed by atoms with Crippen molar-refractivity contribution in [2.24, 2.45) is 23.7 Å². The van der Waals surface area contributed by atoms with Crippen LogP contribution >= 0.6 is 0 Å². The number of hydrogen-bond donors (Lipinski definition) is 1. The second kappa shape index (κ2) is 8.39. The zero-order valence-corrected chi connectivity index (χ0v) is 18.8. The van der Waals surface area contributed by atoms with Gasteiger partial charge < -0.3 is 24.1 Å². The molecule has 1 amide bonds. The standard InChI is InChI=1S/C24H25F4N3O4/c25-18-6-16(1-2-19(18)34-17-4-12-3-13(12)5-17)29-22(32)21-20(7-24(26,27)28)35-23(30-21)31-8-14-10-33-11-15(14)9-31/h1-2,6,12-15,17H,3-5,7-11H2,(H,29,32)/t12-,13?,14?,15?,17?/m0/s1. The Kier molecular flexibility index (Phi) is 5.43. The van der Waals surface area contributed by atoms with E-state index in [9.17, 15) is 22.4 Å². The van der Waals surface area contributed by atoms with Crippen molar-refractivity contribution in [2.75, 3.05) is 36.5 Å². The number of nitrogens with zero attached hydrogens (tertiary/aromatic N) is 2. The normalized spacial score (nSPS) is 29.3. The predicted octanol–water partition coefficient (Wildman–Crippen LogP) is 4.43. The van der Waals surface area contributed by atoms with Gasteiger partial charge in [-0.3, -0.25) is 4.79 Å². The maximum absolute atomic E-state index is 14.6. The second-order valence-electron chi connectivity index (χ2n) is 10.1. The van der Waals surface area contributed by atoms with Crippen molar-refractivity contribution in [3.8, 4) is 5.75 Å². The van der Waals surface area contributed by atoms with E-state index in [4.69, 9.17) is 13.9 Å². The van der Waals surface area contributed by atoms with Crippen LogP contribution in [0.15, 0.2) is 22.6 Å². The van der Waals surface area contributed by atoms with Gasteiger partial charge in [0.15, 0.2) is 17.3 Å². The summed E-state index contributed by atoms with van der Waals surface area (Å²) in [5, 5.41) is 2.44. The van der Waals surface area contributed by atoms with E-state index in [-0.39, 0.29) is 35.4 Å². The fourth-order valence-electron chi connectivity index (χ4n) is 5.60. The average Bonchev–Trinajstić information content (AvgIpc) is 3.22. The van der Waals surface area contributed by atoms with Gasteiger partial charge in [-0.1, -0.05) is 0 Å². The summed E-state index contributed by atoms with van der Waals surface area (Å²) in [5.41, 5.74) is -0.374. The van der Waals surface area contributed by atoms with E-state index in [0.717, 1.165) is 18.9 Å². The lowest BCUT2D eigenvalue weighted by Gasteiger charge is -2.16. The topological polar surface area (TPSA) is 76.8 Å². The summed E-state index contributed by atoms with van der Waals surface area (Å²) in [4.78, 5) is 18.7.